The summed E-state index contributed by atoms with van der Waals surface area (Å²) in [5, 5.41) is 0. The highest BCUT2D eigenvalue weighted by atomic mass is 19.1. The number of pyridine rings is 1. The van der Waals surface area contributed by atoms with E-state index in [0.29, 0.717) is 24.0 Å². The van der Waals surface area contributed by atoms with Crippen LogP contribution in [0.5, 0.6) is 11.5 Å². The summed E-state index contributed by atoms with van der Waals surface area (Å²) in [5.74, 6) is 1.16. The molecule has 2 aromatic rings. The minimum atomic E-state index is -0.341. The van der Waals surface area contributed by atoms with E-state index in [2.05, 4.69) is 4.98 Å². The van der Waals surface area contributed by atoms with E-state index in [1.54, 1.807) is 42.7 Å². The fraction of sp³-hybridized carbons (Fsp3) is 0.400. The third-order valence-corrected chi connectivity index (χ3v) is 5.26. The first kappa shape index (κ1) is 16.8. The molecule has 6 heteroatoms. The van der Waals surface area contributed by atoms with Crippen LogP contribution in [0.25, 0.3) is 0 Å². The summed E-state index contributed by atoms with van der Waals surface area (Å²) >= 11 is 0. The quantitative estimate of drug-likeness (QED) is 0.827. The van der Waals surface area contributed by atoms with Crippen LogP contribution in [0.4, 0.5) is 4.39 Å². The predicted molar refractivity (Wildman–Crippen MR) is 93.3 cm³/mol. The summed E-state index contributed by atoms with van der Waals surface area (Å²) in [6.07, 6.45) is 5.10. The Morgan fingerprint density at radius 1 is 1.19 bits per heavy atom. The summed E-state index contributed by atoms with van der Waals surface area (Å²) in [6.45, 7) is 1.36. The zero-order valence-corrected chi connectivity index (χ0v) is 14.4. The number of aromatic nitrogens is 1. The minimum Gasteiger partial charge on any atom is -0.487 e. The molecule has 2 fully saturated rings. The van der Waals surface area contributed by atoms with E-state index in [9.17, 15) is 9.18 Å². The molecule has 0 N–H and O–H groups in total. The zero-order valence-electron chi connectivity index (χ0n) is 14.4. The zero-order chi connectivity index (χ0) is 17.9. The summed E-state index contributed by atoms with van der Waals surface area (Å²) < 4.78 is 25.3. The molecule has 2 aliphatic rings. The number of halogens is 1. The van der Waals surface area contributed by atoms with Crippen LogP contribution in [0.15, 0.2) is 48.8 Å². The number of benzene rings is 1. The number of amides is 1. The van der Waals surface area contributed by atoms with E-state index in [4.69, 9.17) is 9.47 Å². The molecule has 1 aliphatic heterocycles. The van der Waals surface area contributed by atoms with Gasteiger partial charge in [0.25, 0.3) is 5.91 Å². The van der Waals surface area contributed by atoms with Crippen LogP contribution in [-0.2, 0) is 4.79 Å². The Hall–Kier alpha value is -2.63. The molecule has 1 saturated carbocycles. The number of ether oxygens (including phenoxy) is 2. The van der Waals surface area contributed by atoms with Crippen molar-refractivity contribution in [2.45, 2.75) is 18.9 Å². The second-order valence-electron chi connectivity index (χ2n) is 6.86. The smallest absolute Gasteiger partial charge is 0.260 e. The first-order valence-corrected chi connectivity index (χ1v) is 8.92. The van der Waals surface area contributed by atoms with Crippen molar-refractivity contribution in [3.8, 4) is 11.5 Å². The lowest BCUT2D eigenvalue weighted by Gasteiger charge is -2.22. The number of nitrogens with zero attached hydrogens (tertiary/aromatic N) is 2. The van der Waals surface area contributed by atoms with E-state index in [1.165, 1.54) is 6.07 Å². The molecule has 1 aliphatic carbocycles. The molecule has 0 unspecified atom stereocenters. The molecule has 1 aromatic heterocycles. The SMILES string of the molecule is O=C(COc1cccnc1)N1C[C@@H]2CC[C@H](Oc3ccccc3F)[C@@H]2C1. The summed E-state index contributed by atoms with van der Waals surface area (Å²) in [4.78, 5) is 18.3. The van der Waals surface area contributed by atoms with Crippen LogP contribution in [0, 0.1) is 17.7 Å². The number of carbonyl (C=O) groups is 1. The fourth-order valence-electron chi connectivity index (χ4n) is 3.94. The second-order valence-corrected chi connectivity index (χ2v) is 6.86. The van der Waals surface area contributed by atoms with Crippen LogP contribution < -0.4 is 9.47 Å². The van der Waals surface area contributed by atoms with Crippen LogP contribution in [0.2, 0.25) is 0 Å². The molecule has 0 bridgehead atoms. The maximum atomic E-state index is 13.8. The molecule has 1 saturated heterocycles. The standard InChI is InChI=1S/C20H21FN2O3/c21-17-5-1-2-6-19(17)26-18-8-7-14-11-23(12-16(14)18)20(24)13-25-15-4-3-9-22-10-15/h1-6,9-10,14,16,18H,7-8,11-13H2/t14-,16+,18-/m0/s1. The van der Waals surface area contributed by atoms with Gasteiger partial charge in [0.1, 0.15) is 11.9 Å². The molecule has 4 rings (SSSR count). The van der Waals surface area contributed by atoms with Crippen LogP contribution in [0.3, 0.4) is 0 Å². The van der Waals surface area contributed by atoms with Crippen molar-refractivity contribution in [1.82, 2.24) is 9.88 Å². The van der Waals surface area contributed by atoms with E-state index in [-0.39, 0.29) is 30.4 Å². The molecule has 3 atom stereocenters. The van der Waals surface area contributed by atoms with E-state index in [0.717, 1.165) is 19.4 Å². The predicted octanol–water partition coefficient (Wildman–Crippen LogP) is 2.92. The molecule has 1 amide bonds. The average Bonchev–Trinajstić information content (AvgIpc) is 3.24. The first-order valence-electron chi connectivity index (χ1n) is 8.92. The van der Waals surface area contributed by atoms with Crippen LogP contribution in [-0.4, -0.2) is 41.6 Å². The van der Waals surface area contributed by atoms with Gasteiger partial charge < -0.3 is 14.4 Å². The number of fused-ring (bicyclic) bond motifs is 1. The Bertz CT molecular complexity index is 771. The van der Waals surface area contributed by atoms with Gasteiger partial charge in [0.05, 0.1) is 6.20 Å². The van der Waals surface area contributed by atoms with Crippen molar-refractivity contribution in [3.63, 3.8) is 0 Å². The van der Waals surface area contributed by atoms with Crippen LogP contribution in [0.1, 0.15) is 12.8 Å². The van der Waals surface area contributed by atoms with Crippen molar-refractivity contribution in [3.05, 3.63) is 54.6 Å². The van der Waals surface area contributed by atoms with Gasteiger partial charge in [-0.1, -0.05) is 12.1 Å². The molecule has 1 aromatic carbocycles. The van der Waals surface area contributed by atoms with Crippen molar-refractivity contribution in [2.75, 3.05) is 19.7 Å². The van der Waals surface area contributed by atoms with Gasteiger partial charge in [-0.25, -0.2) is 4.39 Å². The Labute approximate surface area is 151 Å². The van der Waals surface area contributed by atoms with Crippen molar-refractivity contribution in [2.24, 2.45) is 11.8 Å². The van der Waals surface area contributed by atoms with Crippen LogP contribution >= 0.6 is 0 Å². The average molecular weight is 356 g/mol. The van der Waals surface area contributed by atoms with E-state index < -0.39 is 0 Å². The third-order valence-electron chi connectivity index (χ3n) is 5.26. The van der Waals surface area contributed by atoms with Gasteiger partial charge in [-0.2, -0.15) is 0 Å². The normalized spacial score (nSPS) is 24.3. The molecular formula is C20H21FN2O3. The lowest BCUT2D eigenvalue weighted by Crippen LogP contribution is -2.35. The molecular weight excluding hydrogens is 335 g/mol. The third kappa shape index (κ3) is 3.49. The monoisotopic (exact) mass is 356 g/mol. The van der Waals surface area contributed by atoms with Gasteiger partial charge in [0, 0.05) is 25.2 Å². The van der Waals surface area contributed by atoms with Gasteiger partial charge in [-0.05, 0) is 43.0 Å². The second kappa shape index (κ2) is 7.32. The molecule has 26 heavy (non-hydrogen) atoms. The van der Waals surface area contributed by atoms with Gasteiger partial charge in [0.15, 0.2) is 18.2 Å². The molecule has 0 spiro atoms. The number of hydrogen-bond acceptors (Lipinski definition) is 4. The highest BCUT2D eigenvalue weighted by Gasteiger charge is 2.45. The van der Waals surface area contributed by atoms with Crippen molar-refractivity contribution >= 4 is 5.91 Å². The number of rotatable bonds is 5. The Morgan fingerprint density at radius 3 is 2.88 bits per heavy atom. The van der Waals surface area contributed by atoms with Gasteiger partial charge in [-0.15, -0.1) is 0 Å². The maximum Gasteiger partial charge on any atom is 0.260 e. The molecule has 136 valence electrons. The Balaban J connectivity index is 1.34. The number of likely N-dealkylation sites (tertiary alicyclic amines) is 1. The number of carbonyl (C=O) groups excluding carboxylic acids is 1. The van der Waals surface area contributed by atoms with Gasteiger partial charge in [-0.3, -0.25) is 9.78 Å². The Morgan fingerprint density at radius 2 is 2.08 bits per heavy atom. The van der Waals surface area contributed by atoms with Crippen molar-refractivity contribution in [1.29, 1.82) is 0 Å². The Kier molecular flexibility index (Phi) is 4.73. The van der Waals surface area contributed by atoms with Crippen molar-refractivity contribution < 1.29 is 18.7 Å². The van der Waals surface area contributed by atoms with Gasteiger partial charge >= 0.3 is 0 Å². The minimum absolute atomic E-state index is 0.00394. The molecule has 0 radical (unpaired) electrons. The largest absolute Gasteiger partial charge is 0.487 e. The maximum absolute atomic E-state index is 13.8. The van der Waals surface area contributed by atoms with E-state index in [1.807, 2.05) is 4.90 Å². The highest BCUT2D eigenvalue weighted by Crippen LogP contribution is 2.40. The topological polar surface area (TPSA) is 51.7 Å². The molecule has 2 heterocycles. The fourth-order valence-corrected chi connectivity index (χ4v) is 3.94. The first-order chi connectivity index (χ1) is 12.7. The lowest BCUT2D eigenvalue weighted by atomic mass is 9.99. The summed E-state index contributed by atoms with van der Waals surface area (Å²) in [5.41, 5.74) is 0. The van der Waals surface area contributed by atoms with Gasteiger partial charge in [0.2, 0.25) is 0 Å². The highest BCUT2D eigenvalue weighted by molar-refractivity contribution is 5.78. The lowest BCUT2D eigenvalue weighted by molar-refractivity contribution is -0.132. The number of hydrogen-bond donors (Lipinski definition) is 0. The van der Waals surface area contributed by atoms with E-state index >= 15 is 0 Å². The summed E-state index contributed by atoms with van der Waals surface area (Å²) in [7, 11) is 0. The molecule has 5 nitrogen and oxygen atoms in total. The summed E-state index contributed by atoms with van der Waals surface area (Å²) in [6, 6.07) is 10.0. The number of para-hydroxylation sites is 1.